The van der Waals surface area contributed by atoms with Crippen molar-refractivity contribution in [3.63, 3.8) is 0 Å². The molecule has 0 atom stereocenters. The average Bonchev–Trinajstić information content (AvgIpc) is 3.69. The molecular formula is C76H92N2. The van der Waals surface area contributed by atoms with E-state index < -0.39 is 0 Å². The summed E-state index contributed by atoms with van der Waals surface area (Å²) in [6.07, 6.45) is 18.4. The maximum Gasteiger partial charge on any atom is 0.0462 e. The lowest BCUT2D eigenvalue weighted by Crippen LogP contribution is -2.25. The van der Waals surface area contributed by atoms with E-state index in [0.29, 0.717) is 0 Å². The second-order valence-corrected chi connectivity index (χ2v) is 24.7. The van der Waals surface area contributed by atoms with Gasteiger partial charge in [0.1, 0.15) is 0 Å². The first-order valence-corrected chi connectivity index (χ1v) is 29.6. The summed E-state index contributed by atoms with van der Waals surface area (Å²) in [6, 6.07) is 69.5. The van der Waals surface area contributed by atoms with Crippen molar-refractivity contribution in [2.45, 2.75) is 183 Å². The zero-order valence-corrected chi connectivity index (χ0v) is 48.6. The molecule has 0 bridgehead atoms. The van der Waals surface area contributed by atoms with Crippen molar-refractivity contribution in [3.05, 3.63) is 215 Å². The van der Waals surface area contributed by atoms with Crippen molar-refractivity contribution >= 4 is 34.1 Å². The van der Waals surface area contributed by atoms with Crippen LogP contribution in [0.3, 0.4) is 0 Å². The van der Waals surface area contributed by atoms with E-state index in [9.17, 15) is 0 Å². The fraction of sp³-hybridized carbons (Fsp3) is 0.368. The number of hydrogen-bond donors (Lipinski definition) is 0. The van der Waals surface area contributed by atoms with Crippen LogP contribution in [-0.4, -0.2) is 0 Å². The Morgan fingerprint density at radius 1 is 0.321 bits per heavy atom. The molecule has 8 aromatic rings. The Morgan fingerprint density at radius 3 is 1.00 bits per heavy atom. The number of fused-ring (bicyclic) bond motifs is 3. The highest BCUT2D eigenvalue weighted by Gasteiger charge is 2.42. The Balaban J connectivity index is 0.00000803. The van der Waals surface area contributed by atoms with Crippen LogP contribution in [0.2, 0.25) is 0 Å². The minimum absolute atomic E-state index is 0. The van der Waals surface area contributed by atoms with Crippen molar-refractivity contribution in [2.75, 3.05) is 9.80 Å². The van der Waals surface area contributed by atoms with Crippen molar-refractivity contribution < 1.29 is 0 Å². The normalized spacial score (nSPS) is 12.7. The van der Waals surface area contributed by atoms with Gasteiger partial charge in [-0.2, -0.15) is 0 Å². The summed E-state index contributed by atoms with van der Waals surface area (Å²) >= 11 is 0. The molecule has 0 aliphatic heterocycles. The molecule has 2 nitrogen and oxygen atoms in total. The molecule has 0 N–H and O–H groups in total. The van der Waals surface area contributed by atoms with Gasteiger partial charge in [0.2, 0.25) is 0 Å². The summed E-state index contributed by atoms with van der Waals surface area (Å²) in [5, 5.41) is 0. The molecule has 0 spiro atoms. The molecule has 406 valence electrons. The fourth-order valence-electron chi connectivity index (χ4n) is 12.1. The molecule has 0 unspecified atom stereocenters. The maximum absolute atomic E-state index is 2.60. The molecule has 0 saturated carbocycles. The number of rotatable bonds is 22. The van der Waals surface area contributed by atoms with Crippen molar-refractivity contribution in [2.24, 2.45) is 0 Å². The van der Waals surface area contributed by atoms with Crippen LogP contribution >= 0.6 is 0 Å². The van der Waals surface area contributed by atoms with Gasteiger partial charge < -0.3 is 9.80 Å². The molecule has 1 aliphatic rings. The Hall–Kier alpha value is -6.64. The Labute approximate surface area is 473 Å². The summed E-state index contributed by atoms with van der Waals surface area (Å²) in [5.74, 6) is 0. The molecular weight excluding hydrogens is 941 g/mol. The minimum Gasteiger partial charge on any atom is -0.311 e. The fourth-order valence-corrected chi connectivity index (χ4v) is 12.1. The largest absolute Gasteiger partial charge is 0.311 e. The summed E-state index contributed by atoms with van der Waals surface area (Å²) in [5.41, 5.74) is 23.4. The molecule has 0 saturated heterocycles. The van der Waals surface area contributed by atoms with E-state index in [4.69, 9.17) is 0 Å². The predicted molar refractivity (Wildman–Crippen MR) is 342 cm³/mol. The Kier molecular flexibility index (Phi) is 18.8. The highest BCUT2D eigenvalue weighted by Crippen LogP contribution is 2.55. The SMILES string of the molecule is C.CCCCCCCCC1(CCCCCCCC)c2cc(C)ccc2-c2ccc(-c3ccc(N(c4ccc(-c5ccc(N(c6ccc(C)cc6)c6ccc(C(C)(C)C)cc6)cc5)cc4)c4ccc(C(C)(C)C)cc4)cc3)cc21. The van der Waals surface area contributed by atoms with E-state index in [1.807, 2.05) is 0 Å². The van der Waals surface area contributed by atoms with Crippen LogP contribution in [0.4, 0.5) is 34.1 Å². The first-order valence-electron chi connectivity index (χ1n) is 29.6. The van der Waals surface area contributed by atoms with Gasteiger partial charge in [-0.15, -0.1) is 0 Å². The first kappa shape index (κ1) is 57.5. The minimum atomic E-state index is 0. The predicted octanol–water partition coefficient (Wildman–Crippen LogP) is 23.6. The van der Waals surface area contributed by atoms with Gasteiger partial charge in [-0.3, -0.25) is 0 Å². The zero-order valence-electron chi connectivity index (χ0n) is 48.6. The number of aryl methyl sites for hydroxylation is 2. The van der Waals surface area contributed by atoms with Gasteiger partial charge in [0.05, 0.1) is 0 Å². The molecule has 1 aliphatic carbocycles. The summed E-state index contributed by atoms with van der Waals surface area (Å²) in [4.78, 5) is 4.78. The van der Waals surface area contributed by atoms with Gasteiger partial charge in [0.25, 0.3) is 0 Å². The van der Waals surface area contributed by atoms with Crippen LogP contribution in [0.15, 0.2) is 182 Å². The molecule has 0 fully saturated rings. The number of anilines is 6. The second kappa shape index (κ2) is 25.4. The van der Waals surface area contributed by atoms with Gasteiger partial charge in [-0.1, -0.05) is 254 Å². The number of benzene rings is 8. The first-order chi connectivity index (χ1) is 37.2. The maximum atomic E-state index is 2.60. The molecule has 2 heteroatoms. The van der Waals surface area contributed by atoms with Crippen LogP contribution in [0.1, 0.15) is 186 Å². The molecule has 0 heterocycles. The van der Waals surface area contributed by atoms with E-state index >= 15 is 0 Å². The van der Waals surface area contributed by atoms with Crippen molar-refractivity contribution in [3.8, 4) is 33.4 Å². The molecule has 0 radical (unpaired) electrons. The van der Waals surface area contributed by atoms with E-state index in [-0.39, 0.29) is 23.7 Å². The molecule has 0 aromatic heterocycles. The van der Waals surface area contributed by atoms with E-state index in [0.717, 1.165) is 34.1 Å². The third-order valence-electron chi connectivity index (χ3n) is 16.7. The Bertz CT molecular complexity index is 3130. The third-order valence-corrected chi connectivity index (χ3v) is 16.7. The van der Waals surface area contributed by atoms with Gasteiger partial charge in [0.15, 0.2) is 0 Å². The van der Waals surface area contributed by atoms with Gasteiger partial charge in [-0.05, 0) is 172 Å². The van der Waals surface area contributed by atoms with E-state index in [2.05, 4.69) is 261 Å². The summed E-state index contributed by atoms with van der Waals surface area (Å²) in [7, 11) is 0. The lowest BCUT2D eigenvalue weighted by molar-refractivity contribution is 0.398. The van der Waals surface area contributed by atoms with Crippen LogP contribution in [0.5, 0.6) is 0 Å². The number of hydrogen-bond acceptors (Lipinski definition) is 2. The topological polar surface area (TPSA) is 6.48 Å². The quantitative estimate of drug-likeness (QED) is 0.0624. The van der Waals surface area contributed by atoms with E-state index in [1.165, 1.54) is 146 Å². The highest BCUT2D eigenvalue weighted by atomic mass is 15.1. The lowest BCUT2D eigenvalue weighted by atomic mass is 9.70. The summed E-state index contributed by atoms with van der Waals surface area (Å²) < 4.78 is 0. The third kappa shape index (κ3) is 13.1. The van der Waals surface area contributed by atoms with Crippen molar-refractivity contribution in [1.29, 1.82) is 0 Å². The van der Waals surface area contributed by atoms with Crippen LogP contribution in [-0.2, 0) is 16.2 Å². The van der Waals surface area contributed by atoms with Gasteiger partial charge >= 0.3 is 0 Å². The monoisotopic (exact) mass is 1030 g/mol. The highest BCUT2D eigenvalue weighted by molar-refractivity contribution is 5.86. The van der Waals surface area contributed by atoms with Crippen molar-refractivity contribution in [1.82, 2.24) is 0 Å². The van der Waals surface area contributed by atoms with E-state index in [1.54, 1.807) is 11.1 Å². The Morgan fingerprint density at radius 2 is 0.615 bits per heavy atom. The van der Waals surface area contributed by atoms with Gasteiger partial charge in [-0.25, -0.2) is 0 Å². The standard InChI is InChI=1S/C75H88N2.CH4/c1-11-13-15-17-19-21-51-75(52-22-20-18-16-14-12-2)71-53-56(4)25-49-69(71)70-50-32-60(54-72(70)75)59-30-43-66(44-31-59)77(68-47-35-62(36-48-68)74(8,9)10)65-41-28-58(29-42-65)57-26-39-64(40-27-57)76(63-37-23-55(3)24-38-63)67-45-33-61(34-46-67)73(5,6)7;/h23-50,53-54H,11-22,51-52H2,1-10H3;1H4. The zero-order chi connectivity index (χ0) is 54.2. The second-order valence-electron chi connectivity index (χ2n) is 24.7. The van der Waals surface area contributed by atoms with Crippen LogP contribution in [0, 0.1) is 13.8 Å². The lowest BCUT2D eigenvalue weighted by Gasteiger charge is -2.33. The molecule has 0 amide bonds. The summed E-state index contributed by atoms with van der Waals surface area (Å²) in [6.45, 7) is 22.8. The smallest absolute Gasteiger partial charge is 0.0462 e. The van der Waals surface area contributed by atoms with Crippen LogP contribution in [0.25, 0.3) is 33.4 Å². The molecule has 8 aromatic carbocycles. The molecule has 78 heavy (non-hydrogen) atoms. The van der Waals surface area contributed by atoms with Gasteiger partial charge in [0, 0.05) is 39.5 Å². The van der Waals surface area contributed by atoms with Crippen LogP contribution < -0.4 is 9.80 Å². The molecule has 9 rings (SSSR count). The average molecular weight is 1030 g/mol. The number of nitrogens with zero attached hydrogens (tertiary/aromatic N) is 2. The number of unbranched alkanes of at least 4 members (excludes halogenated alkanes) is 10.